The topological polar surface area (TPSA) is 108 Å². The molecule has 0 fully saturated rings. The van der Waals surface area contributed by atoms with Gasteiger partial charge >= 0.3 is 5.97 Å². The van der Waals surface area contributed by atoms with E-state index in [4.69, 9.17) is 9.72 Å². The van der Waals surface area contributed by atoms with E-state index in [2.05, 4.69) is 0 Å². The molecule has 4 aromatic carbocycles. The lowest BCUT2D eigenvalue weighted by atomic mass is 9.98. The second-order valence-corrected chi connectivity index (χ2v) is 11.9. The van der Waals surface area contributed by atoms with Crippen molar-refractivity contribution < 1.29 is 19.2 Å². The first-order valence-corrected chi connectivity index (χ1v) is 14.9. The molecule has 0 N–H and O–H groups in total. The molecular formula is C36H36N4O5. The number of rotatable bonds is 9. The minimum absolute atomic E-state index is 0.125. The Morgan fingerprint density at radius 1 is 0.933 bits per heavy atom. The summed E-state index contributed by atoms with van der Waals surface area (Å²) in [5.41, 5.74) is 4.58. The number of fused-ring (bicyclic) bond motifs is 1. The van der Waals surface area contributed by atoms with Crippen LogP contribution in [-0.2, 0) is 23.1 Å². The average Bonchev–Trinajstić information content (AvgIpc) is 3.35. The number of para-hydroxylation sites is 2. The van der Waals surface area contributed by atoms with E-state index in [1.54, 1.807) is 24.3 Å². The summed E-state index contributed by atoms with van der Waals surface area (Å²) in [6, 6.07) is 27.3. The number of hydrogen-bond donors (Lipinski definition) is 0. The molecule has 1 heterocycles. The van der Waals surface area contributed by atoms with E-state index in [-0.39, 0.29) is 30.2 Å². The highest BCUT2D eigenvalue weighted by Gasteiger charge is 2.26. The van der Waals surface area contributed by atoms with Gasteiger partial charge < -0.3 is 14.2 Å². The number of aromatic nitrogens is 2. The number of nitrogens with zero attached hydrogens (tertiary/aromatic N) is 4. The van der Waals surface area contributed by atoms with Gasteiger partial charge in [0, 0.05) is 25.1 Å². The van der Waals surface area contributed by atoms with Gasteiger partial charge in [0.25, 0.3) is 5.69 Å². The highest BCUT2D eigenvalue weighted by Crippen LogP contribution is 2.36. The van der Waals surface area contributed by atoms with Gasteiger partial charge in [0.1, 0.15) is 17.1 Å². The summed E-state index contributed by atoms with van der Waals surface area (Å²) >= 11 is 0. The normalized spacial score (nSPS) is 11.4. The molecule has 1 amide bonds. The SMILES string of the molecule is CCCC(=O)N(Cc1ccc(-c2ccccc2C(=O)OC(C)(C)C)cc1)c1cc(-c2nc3ccccc3n2C)ccc1[N+](=O)[O-]. The Morgan fingerprint density at radius 3 is 2.27 bits per heavy atom. The maximum atomic E-state index is 13.5. The highest BCUT2D eigenvalue weighted by atomic mass is 16.6. The van der Waals surface area contributed by atoms with Crippen LogP contribution in [0.2, 0.25) is 0 Å². The van der Waals surface area contributed by atoms with Crippen molar-refractivity contribution in [2.75, 3.05) is 4.90 Å². The summed E-state index contributed by atoms with van der Waals surface area (Å²) in [6.07, 6.45) is 0.822. The lowest BCUT2D eigenvalue weighted by Crippen LogP contribution is -2.30. The van der Waals surface area contributed by atoms with E-state index in [1.807, 2.05) is 100.0 Å². The van der Waals surface area contributed by atoms with Gasteiger partial charge in [-0.3, -0.25) is 14.9 Å². The van der Waals surface area contributed by atoms with Gasteiger partial charge in [-0.1, -0.05) is 61.5 Å². The van der Waals surface area contributed by atoms with Gasteiger partial charge in [0.05, 0.1) is 28.1 Å². The number of benzene rings is 4. The third-order valence-electron chi connectivity index (χ3n) is 7.42. The number of anilines is 1. The molecule has 0 aliphatic heterocycles. The lowest BCUT2D eigenvalue weighted by Gasteiger charge is -2.24. The van der Waals surface area contributed by atoms with Crippen molar-refractivity contribution >= 4 is 34.3 Å². The first kappa shape index (κ1) is 31.1. The zero-order valence-electron chi connectivity index (χ0n) is 26.1. The van der Waals surface area contributed by atoms with Crippen LogP contribution < -0.4 is 4.90 Å². The molecule has 0 aliphatic rings. The van der Waals surface area contributed by atoms with E-state index in [0.717, 1.165) is 27.7 Å². The fourth-order valence-corrected chi connectivity index (χ4v) is 5.31. The quantitative estimate of drug-likeness (QED) is 0.0956. The van der Waals surface area contributed by atoms with Crippen molar-refractivity contribution in [2.45, 2.75) is 52.7 Å². The number of esters is 1. The molecule has 0 aliphatic carbocycles. The minimum atomic E-state index is -0.633. The van der Waals surface area contributed by atoms with Crippen LogP contribution in [0.5, 0.6) is 0 Å². The minimum Gasteiger partial charge on any atom is -0.456 e. The number of hydrogen-bond acceptors (Lipinski definition) is 6. The maximum absolute atomic E-state index is 13.5. The van der Waals surface area contributed by atoms with Crippen molar-refractivity contribution in [2.24, 2.45) is 7.05 Å². The Bertz CT molecular complexity index is 1890. The number of imidazole rings is 1. The number of carbonyl (C=O) groups is 2. The van der Waals surface area contributed by atoms with E-state index >= 15 is 0 Å². The van der Waals surface area contributed by atoms with Gasteiger partial charge in [0.2, 0.25) is 5.91 Å². The van der Waals surface area contributed by atoms with Crippen molar-refractivity contribution in [1.82, 2.24) is 9.55 Å². The van der Waals surface area contributed by atoms with Crippen molar-refractivity contribution in [3.63, 3.8) is 0 Å². The van der Waals surface area contributed by atoms with E-state index in [1.165, 1.54) is 11.0 Å². The van der Waals surface area contributed by atoms with Crippen molar-refractivity contribution in [3.8, 4) is 22.5 Å². The monoisotopic (exact) mass is 604 g/mol. The number of aryl methyl sites for hydroxylation is 1. The Kier molecular flexibility index (Phi) is 8.81. The Hall–Kier alpha value is -5.31. The third kappa shape index (κ3) is 6.77. The zero-order valence-corrected chi connectivity index (χ0v) is 26.1. The Morgan fingerprint density at radius 2 is 1.60 bits per heavy atom. The molecule has 5 rings (SSSR count). The number of ether oxygens (including phenoxy) is 1. The molecule has 0 unspecified atom stereocenters. The van der Waals surface area contributed by atoms with Crippen LogP contribution in [0.4, 0.5) is 11.4 Å². The van der Waals surface area contributed by atoms with Gasteiger partial charge in [-0.05, 0) is 74.2 Å². The van der Waals surface area contributed by atoms with Gasteiger partial charge in [-0.25, -0.2) is 9.78 Å². The molecule has 0 atom stereocenters. The molecule has 5 aromatic rings. The lowest BCUT2D eigenvalue weighted by molar-refractivity contribution is -0.384. The summed E-state index contributed by atoms with van der Waals surface area (Å²) in [5, 5.41) is 12.2. The summed E-state index contributed by atoms with van der Waals surface area (Å²) in [4.78, 5) is 44.4. The summed E-state index contributed by atoms with van der Waals surface area (Å²) in [6.45, 7) is 7.50. The number of amides is 1. The number of carbonyl (C=O) groups excluding carboxylic acids is 2. The molecule has 0 bridgehead atoms. The number of nitro benzene ring substituents is 1. The van der Waals surface area contributed by atoms with Crippen LogP contribution in [0.25, 0.3) is 33.5 Å². The van der Waals surface area contributed by atoms with Crippen LogP contribution >= 0.6 is 0 Å². The molecule has 0 spiro atoms. The molecular weight excluding hydrogens is 568 g/mol. The molecule has 9 nitrogen and oxygen atoms in total. The standard InChI is InChI=1S/C36H36N4O5/c1-6-11-33(41)39(23-24-16-18-25(19-17-24)27-12-7-8-13-28(27)35(42)45-36(2,3)4)32-22-26(20-21-31(32)40(43)44)34-37-29-14-9-10-15-30(29)38(34)5/h7-10,12-22H,6,11,23H2,1-5H3. The van der Waals surface area contributed by atoms with Crippen LogP contribution in [0.15, 0.2) is 91.0 Å². The first-order chi connectivity index (χ1) is 21.5. The second-order valence-electron chi connectivity index (χ2n) is 11.9. The molecule has 230 valence electrons. The third-order valence-corrected chi connectivity index (χ3v) is 7.42. The summed E-state index contributed by atoms with van der Waals surface area (Å²) in [7, 11) is 1.90. The highest BCUT2D eigenvalue weighted by molar-refractivity contribution is 5.98. The average molecular weight is 605 g/mol. The first-order valence-electron chi connectivity index (χ1n) is 14.9. The van der Waals surface area contributed by atoms with Crippen LogP contribution in [0, 0.1) is 10.1 Å². The Balaban J connectivity index is 1.52. The maximum Gasteiger partial charge on any atom is 0.339 e. The van der Waals surface area contributed by atoms with E-state index < -0.39 is 16.5 Å². The largest absolute Gasteiger partial charge is 0.456 e. The van der Waals surface area contributed by atoms with E-state index in [9.17, 15) is 19.7 Å². The van der Waals surface area contributed by atoms with E-state index in [0.29, 0.717) is 23.4 Å². The van der Waals surface area contributed by atoms with Crippen molar-refractivity contribution in [3.05, 3.63) is 112 Å². The van der Waals surface area contributed by atoms with Gasteiger partial charge in [-0.2, -0.15) is 0 Å². The molecule has 9 heteroatoms. The molecule has 45 heavy (non-hydrogen) atoms. The van der Waals surface area contributed by atoms with Crippen LogP contribution in [-0.4, -0.2) is 32.0 Å². The predicted molar refractivity (Wildman–Crippen MR) is 176 cm³/mol. The predicted octanol–water partition coefficient (Wildman–Crippen LogP) is 8.10. The van der Waals surface area contributed by atoms with Crippen molar-refractivity contribution in [1.29, 1.82) is 0 Å². The molecule has 0 saturated carbocycles. The van der Waals surface area contributed by atoms with Gasteiger partial charge in [-0.15, -0.1) is 0 Å². The summed E-state index contributed by atoms with van der Waals surface area (Å²) < 4.78 is 7.55. The fourth-order valence-electron chi connectivity index (χ4n) is 5.31. The number of nitro groups is 1. The smallest absolute Gasteiger partial charge is 0.339 e. The molecule has 1 aromatic heterocycles. The zero-order chi connectivity index (χ0) is 32.3. The van der Waals surface area contributed by atoms with Crippen LogP contribution in [0.1, 0.15) is 56.5 Å². The molecule has 0 radical (unpaired) electrons. The van der Waals surface area contributed by atoms with Gasteiger partial charge in [0.15, 0.2) is 0 Å². The Labute approximate surface area is 262 Å². The summed E-state index contributed by atoms with van der Waals surface area (Å²) in [5.74, 6) is 0.0108. The van der Waals surface area contributed by atoms with Crippen LogP contribution in [0.3, 0.4) is 0 Å². The molecule has 0 saturated heterocycles. The fraction of sp³-hybridized carbons (Fsp3) is 0.250. The second kappa shape index (κ2) is 12.7.